The number of azo groups is 1. The molecule has 0 aromatic heterocycles. The van der Waals surface area contributed by atoms with Crippen LogP contribution in [0.2, 0.25) is 5.02 Å². The normalized spacial score (nSPS) is 11.9. The van der Waals surface area contributed by atoms with Crippen LogP contribution in [0.3, 0.4) is 0 Å². The van der Waals surface area contributed by atoms with Crippen molar-refractivity contribution in [3.8, 4) is 5.75 Å². The van der Waals surface area contributed by atoms with Crippen molar-refractivity contribution >= 4 is 49.8 Å². The van der Waals surface area contributed by atoms with E-state index in [2.05, 4.69) is 10.2 Å². The van der Waals surface area contributed by atoms with Gasteiger partial charge in [0.1, 0.15) is 16.3 Å². The number of hydrogen-bond donors (Lipinski definition) is 3. The number of phenolic OH excluding ortho intramolecular Hbond substituents is 1. The Morgan fingerprint density at radius 3 is 2.30 bits per heavy atom. The number of rotatable bonds is 4. The van der Waals surface area contributed by atoms with Gasteiger partial charge >= 0.3 is 5.97 Å². The average Bonchev–Trinajstić information content (AvgIpc) is 2.60. The maximum Gasteiger partial charge on any atom is 0.337 e. The molecule has 27 heavy (non-hydrogen) atoms. The summed E-state index contributed by atoms with van der Waals surface area (Å²) in [5, 5.41) is 27.5. The average molecular weight is 407 g/mol. The number of carbonyl (C=O) groups is 1. The van der Waals surface area contributed by atoms with Gasteiger partial charge in [-0.15, -0.1) is 5.11 Å². The van der Waals surface area contributed by atoms with E-state index in [1.54, 1.807) is 12.1 Å². The Kier molecular flexibility index (Phi) is 4.83. The van der Waals surface area contributed by atoms with Gasteiger partial charge in [0.15, 0.2) is 0 Å². The zero-order valence-electron chi connectivity index (χ0n) is 13.4. The highest BCUT2D eigenvalue weighted by atomic mass is 35.5. The standard InChI is InChI=1S/C17H11ClN2O6S/c18-13-6-5-9(7-12(13)17(22)23)19-20-16-11-4-2-1-3-10(11)15(8-14(16)21)27(24,25)26/h1-8,21H,(H,22,23)(H,24,25,26). The van der Waals surface area contributed by atoms with Crippen LogP contribution in [0.5, 0.6) is 5.75 Å². The van der Waals surface area contributed by atoms with Crippen molar-refractivity contribution < 1.29 is 28.0 Å². The van der Waals surface area contributed by atoms with Crippen molar-refractivity contribution in [2.45, 2.75) is 4.90 Å². The molecule has 0 saturated heterocycles. The molecule has 3 aromatic carbocycles. The summed E-state index contributed by atoms with van der Waals surface area (Å²) in [5.41, 5.74) is -0.0344. The fraction of sp³-hybridized carbons (Fsp3) is 0. The minimum atomic E-state index is -4.57. The van der Waals surface area contributed by atoms with Crippen LogP contribution in [0.15, 0.2) is 63.7 Å². The minimum absolute atomic E-state index is 0.0345. The summed E-state index contributed by atoms with van der Waals surface area (Å²) < 4.78 is 32.4. The van der Waals surface area contributed by atoms with E-state index in [9.17, 15) is 22.9 Å². The van der Waals surface area contributed by atoms with Gasteiger partial charge in [-0.3, -0.25) is 4.55 Å². The maximum atomic E-state index is 11.5. The van der Waals surface area contributed by atoms with Crippen LogP contribution < -0.4 is 0 Å². The third-order valence-electron chi connectivity index (χ3n) is 3.68. The van der Waals surface area contributed by atoms with Crippen LogP contribution in [0.1, 0.15) is 10.4 Å². The number of aromatic carboxylic acids is 1. The SMILES string of the molecule is O=C(O)c1cc(N=Nc2c(O)cc(S(=O)(=O)O)c3ccccc23)ccc1Cl. The summed E-state index contributed by atoms with van der Waals surface area (Å²) in [6, 6.07) is 11.0. The largest absolute Gasteiger partial charge is 0.506 e. The van der Waals surface area contributed by atoms with Gasteiger partial charge in [0, 0.05) is 16.8 Å². The van der Waals surface area contributed by atoms with Crippen molar-refractivity contribution in [1.82, 2.24) is 0 Å². The number of benzene rings is 3. The molecule has 8 nitrogen and oxygen atoms in total. The Balaban J connectivity index is 2.16. The number of fused-ring (bicyclic) bond motifs is 1. The highest BCUT2D eigenvalue weighted by Crippen LogP contribution is 2.40. The molecule has 0 amide bonds. The number of nitrogens with zero attached hydrogens (tertiary/aromatic N) is 2. The lowest BCUT2D eigenvalue weighted by Gasteiger charge is -2.08. The van der Waals surface area contributed by atoms with Crippen LogP contribution in [0.25, 0.3) is 10.8 Å². The van der Waals surface area contributed by atoms with Gasteiger partial charge in [-0.25, -0.2) is 4.79 Å². The fourth-order valence-electron chi connectivity index (χ4n) is 2.48. The number of carboxylic acids is 1. The van der Waals surface area contributed by atoms with Crippen molar-refractivity contribution in [3.05, 3.63) is 59.1 Å². The zero-order valence-corrected chi connectivity index (χ0v) is 14.9. The summed E-state index contributed by atoms with van der Waals surface area (Å²) in [6.07, 6.45) is 0. The van der Waals surface area contributed by atoms with E-state index in [0.717, 1.165) is 6.07 Å². The van der Waals surface area contributed by atoms with E-state index in [1.807, 2.05) is 0 Å². The maximum absolute atomic E-state index is 11.5. The van der Waals surface area contributed by atoms with Crippen LogP contribution in [0, 0.1) is 0 Å². The molecule has 0 unspecified atom stereocenters. The third-order valence-corrected chi connectivity index (χ3v) is 4.90. The molecule has 10 heteroatoms. The third kappa shape index (κ3) is 3.75. The Morgan fingerprint density at radius 2 is 1.67 bits per heavy atom. The monoisotopic (exact) mass is 406 g/mol. The van der Waals surface area contributed by atoms with Gasteiger partial charge in [-0.1, -0.05) is 35.9 Å². The molecule has 3 aromatic rings. The molecule has 0 spiro atoms. The first kappa shape index (κ1) is 18.8. The molecule has 0 bridgehead atoms. The van der Waals surface area contributed by atoms with Crippen molar-refractivity contribution in [3.63, 3.8) is 0 Å². The first-order chi connectivity index (χ1) is 12.7. The van der Waals surface area contributed by atoms with Crippen LogP contribution in [-0.4, -0.2) is 29.2 Å². The van der Waals surface area contributed by atoms with Crippen molar-refractivity contribution in [2.75, 3.05) is 0 Å². The van der Waals surface area contributed by atoms with Crippen LogP contribution in [0.4, 0.5) is 11.4 Å². The van der Waals surface area contributed by atoms with E-state index in [-0.39, 0.29) is 32.7 Å². The smallest absolute Gasteiger partial charge is 0.337 e. The van der Waals surface area contributed by atoms with Gasteiger partial charge in [0.25, 0.3) is 10.1 Å². The molecule has 0 fully saturated rings. The molecule has 0 atom stereocenters. The lowest BCUT2D eigenvalue weighted by molar-refractivity contribution is 0.0697. The van der Waals surface area contributed by atoms with Gasteiger partial charge in [-0.05, 0) is 18.2 Å². The zero-order chi connectivity index (χ0) is 19.8. The van der Waals surface area contributed by atoms with Gasteiger partial charge in [0.2, 0.25) is 0 Å². The molecule has 3 rings (SSSR count). The Morgan fingerprint density at radius 1 is 1.00 bits per heavy atom. The van der Waals surface area contributed by atoms with E-state index in [1.165, 1.54) is 30.3 Å². The summed E-state index contributed by atoms with van der Waals surface area (Å²) in [6.45, 7) is 0. The second-order valence-corrected chi connectivity index (χ2v) is 7.23. The lowest BCUT2D eigenvalue weighted by atomic mass is 10.1. The number of carboxylic acid groups (broad SMARTS) is 1. The number of halogens is 1. The van der Waals surface area contributed by atoms with Crippen molar-refractivity contribution in [2.24, 2.45) is 10.2 Å². The molecule has 0 heterocycles. The predicted molar refractivity (Wildman–Crippen MR) is 98.0 cm³/mol. The second kappa shape index (κ2) is 6.95. The summed E-state index contributed by atoms with van der Waals surface area (Å²) in [5.74, 6) is -1.75. The number of aromatic hydroxyl groups is 1. The van der Waals surface area contributed by atoms with Crippen LogP contribution in [-0.2, 0) is 10.1 Å². The molecule has 0 aliphatic rings. The van der Waals surface area contributed by atoms with Crippen LogP contribution >= 0.6 is 11.6 Å². The molecular weight excluding hydrogens is 396 g/mol. The van der Waals surface area contributed by atoms with E-state index in [0.29, 0.717) is 0 Å². The van der Waals surface area contributed by atoms with E-state index in [4.69, 9.17) is 16.7 Å². The molecule has 138 valence electrons. The number of phenols is 1. The summed E-state index contributed by atoms with van der Waals surface area (Å²) >= 11 is 5.80. The Bertz CT molecular complexity index is 1210. The fourth-order valence-corrected chi connectivity index (χ4v) is 3.39. The first-order valence-corrected chi connectivity index (χ1v) is 9.17. The molecule has 0 aliphatic heterocycles. The summed E-state index contributed by atoms with van der Waals surface area (Å²) in [4.78, 5) is 10.7. The highest BCUT2D eigenvalue weighted by molar-refractivity contribution is 7.86. The quantitative estimate of drug-likeness (QED) is 0.429. The second-order valence-electron chi connectivity index (χ2n) is 5.43. The topological polar surface area (TPSA) is 137 Å². The van der Waals surface area contributed by atoms with Gasteiger partial charge in [0.05, 0.1) is 16.3 Å². The first-order valence-electron chi connectivity index (χ1n) is 7.35. The molecule has 0 aliphatic carbocycles. The summed E-state index contributed by atoms with van der Waals surface area (Å²) in [7, 11) is -4.57. The van der Waals surface area contributed by atoms with Gasteiger partial charge in [-0.2, -0.15) is 13.5 Å². The Labute approximate surface area is 158 Å². The highest BCUT2D eigenvalue weighted by Gasteiger charge is 2.19. The molecule has 0 saturated carbocycles. The van der Waals surface area contributed by atoms with Gasteiger partial charge < -0.3 is 10.2 Å². The number of hydrogen-bond acceptors (Lipinski definition) is 6. The predicted octanol–water partition coefficient (Wildman–Crippen LogP) is 4.56. The lowest BCUT2D eigenvalue weighted by Crippen LogP contribution is -1.99. The van der Waals surface area contributed by atoms with E-state index >= 15 is 0 Å². The van der Waals surface area contributed by atoms with Crippen molar-refractivity contribution in [1.29, 1.82) is 0 Å². The Hall–Kier alpha value is -3.01. The molecule has 3 N–H and O–H groups in total. The molecular formula is C17H11ClN2O6S. The molecule has 0 radical (unpaired) electrons. The van der Waals surface area contributed by atoms with E-state index < -0.39 is 26.7 Å². The minimum Gasteiger partial charge on any atom is -0.506 e.